The zero-order valence-electron chi connectivity index (χ0n) is 10.4. The Morgan fingerprint density at radius 2 is 2.24 bits per heavy atom. The third kappa shape index (κ3) is 3.98. The van der Waals surface area contributed by atoms with Gasteiger partial charge in [0.1, 0.15) is 4.88 Å². The van der Waals surface area contributed by atoms with Crippen LogP contribution in [0.4, 0.5) is 0 Å². The van der Waals surface area contributed by atoms with Crippen LogP contribution in [0.25, 0.3) is 0 Å². The fraction of sp³-hybridized carbons (Fsp3) is 0.583. The molecule has 1 amide bonds. The van der Waals surface area contributed by atoms with Crippen LogP contribution in [0, 0.1) is 12.8 Å². The van der Waals surface area contributed by atoms with Crippen molar-refractivity contribution in [2.75, 3.05) is 6.54 Å². The van der Waals surface area contributed by atoms with Crippen LogP contribution in [-0.2, 0) is 0 Å². The van der Waals surface area contributed by atoms with E-state index in [0.29, 0.717) is 22.4 Å². The van der Waals surface area contributed by atoms with E-state index >= 15 is 0 Å². The molecule has 1 aromatic rings. The van der Waals surface area contributed by atoms with Crippen molar-refractivity contribution in [3.63, 3.8) is 0 Å². The highest BCUT2D eigenvalue weighted by atomic mass is 35.5. The first-order valence-electron chi connectivity index (χ1n) is 5.70. The summed E-state index contributed by atoms with van der Waals surface area (Å²) in [4.78, 5) is 12.6. The smallest absolute Gasteiger partial charge is 0.263 e. The summed E-state index contributed by atoms with van der Waals surface area (Å²) in [5.74, 6) is 0.383. The highest BCUT2D eigenvalue weighted by Gasteiger charge is 2.18. The summed E-state index contributed by atoms with van der Waals surface area (Å²) in [6.07, 6.45) is 0.879. The Labute approximate surface area is 111 Å². The number of aryl methyl sites for hydroxylation is 1. The lowest BCUT2D eigenvalue weighted by atomic mass is 10.0. The number of carbonyl (C=O) groups excluding carboxylic acids is 1. The standard InChI is InChI=1S/C12H19ClN2OS/c1-7(2)4-9(5-14)15-12(16)11-10(13)8(3)6-17-11/h6-7,9H,4-5,14H2,1-3H3,(H,15,16). The molecule has 96 valence electrons. The maximum absolute atomic E-state index is 12.0. The van der Waals surface area contributed by atoms with Crippen molar-refractivity contribution >= 4 is 28.8 Å². The summed E-state index contributed by atoms with van der Waals surface area (Å²) >= 11 is 7.43. The molecule has 1 aromatic heterocycles. The van der Waals surface area contributed by atoms with Crippen molar-refractivity contribution in [3.05, 3.63) is 20.8 Å². The highest BCUT2D eigenvalue weighted by Crippen LogP contribution is 2.27. The summed E-state index contributed by atoms with van der Waals surface area (Å²) in [5.41, 5.74) is 6.59. The van der Waals surface area contributed by atoms with Gasteiger partial charge >= 0.3 is 0 Å². The zero-order chi connectivity index (χ0) is 13.0. The Morgan fingerprint density at radius 1 is 1.59 bits per heavy atom. The molecule has 1 rings (SSSR count). The maximum Gasteiger partial charge on any atom is 0.263 e. The third-order valence-corrected chi connectivity index (χ3v) is 4.18. The highest BCUT2D eigenvalue weighted by molar-refractivity contribution is 7.13. The third-order valence-electron chi connectivity index (χ3n) is 2.48. The van der Waals surface area contributed by atoms with Crippen LogP contribution in [0.15, 0.2) is 5.38 Å². The van der Waals surface area contributed by atoms with Crippen LogP contribution in [0.1, 0.15) is 35.5 Å². The summed E-state index contributed by atoms with van der Waals surface area (Å²) in [7, 11) is 0. The van der Waals surface area contributed by atoms with Gasteiger partial charge in [-0.3, -0.25) is 4.79 Å². The van der Waals surface area contributed by atoms with E-state index in [1.54, 1.807) is 0 Å². The van der Waals surface area contributed by atoms with E-state index in [1.165, 1.54) is 11.3 Å². The van der Waals surface area contributed by atoms with Gasteiger partial charge in [0, 0.05) is 12.6 Å². The monoisotopic (exact) mass is 274 g/mol. The largest absolute Gasteiger partial charge is 0.347 e. The van der Waals surface area contributed by atoms with Gasteiger partial charge in [0.25, 0.3) is 5.91 Å². The first kappa shape index (κ1) is 14.5. The van der Waals surface area contributed by atoms with Crippen molar-refractivity contribution in [1.29, 1.82) is 0 Å². The number of nitrogens with two attached hydrogens (primary N) is 1. The molecule has 0 bridgehead atoms. The molecular weight excluding hydrogens is 256 g/mol. The van der Waals surface area contributed by atoms with Gasteiger partial charge in [-0.25, -0.2) is 0 Å². The molecule has 0 aromatic carbocycles. The van der Waals surface area contributed by atoms with Crippen LogP contribution < -0.4 is 11.1 Å². The molecule has 1 atom stereocenters. The number of hydrogen-bond donors (Lipinski definition) is 2. The quantitative estimate of drug-likeness (QED) is 0.867. The Kier molecular flexibility index (Phi) is 5.43. The number of carbonyl (C=O) groups is 1. The molecule has 5 heteroatoms. The fourth-order valence-corrected chi connectivity index (χ4v) is 2.80. The van der Waals surface area contributed by atoms with Gasteiger partial charge in [-0.05, 0) is 30.2 Å². The molecular formula is C12H19ClN2OS. The second-order valence-electron chi connectivity index (χ2n) is 4.60. The molecule has 17 heavy (non-hydrogen) atoms. The van der Waals surface area contributed by atoms with E-state index in [4.69, 9.17) is 17.3 Å². The number of rotatable bonds is 5. The Bertz CT molecular complexity index is 390. The van der Waals surface area contributed by atoms with Gasteiger partial charge in [0.2, 0.25) is 0 Å². The van der Waals surface area contributed by atoms with Gasteiger partial charge in [0.05, 0.1) is 5.02 Å². The fourth-order valence-electron chi connectivity index (χ4n) is 1.62. The van der Waals surface area contributed by atoms with Crippen LogP contribution in [0.5, 0.6) is 0 Å². The van der Waals surface area contributed by atoms with E-state index in [1.807, 2.05) is 12.3 Å². The van der Waals surface area contributed by atoms with Gasteiger partial charge in [-0.2, -0.15) is 0 Å². The minimum Gasteiger partial charge on any atom is -0.347 e. The van der Waals surface area contributed by atoms with Crippen LogP contribution >= 0.6 is 22.9 Å². The molecule has 0 saturated carbocycles. The summed E-state index contributed by atoms with van der Waals surface area (Å²) in [6.45, 7) is 6.56. The molecule has 0 radical (unpaired) electrons. The van der Waals surface area contributed by atoms with Crippen LogP contribution in [-0.4, -0.2) is 18.5 Å². The van der Waals surface area contributed by atoms with E-state index in [2.05, 4.69) is 19.2 Å². The lowest BCUT2D eigenvalue weighted by Crippen LogP contribution is -2.40. The average Bonchev–Trinajstić information content (AvgIpc) is 2.58. The first-order valence-corrected chi connectivity index (χ1v) is 6.96. The molecule has 0 aliphatic rings. The molecule has 3 nitrogen and oxygen atoms in total. The molecule has 1 unspecified atom stereocenters. The molecule has 1 heterocycles. The lowest BCUT2D eigenvalue weighted by Gasteiger charge is -2.18. The molecule has 0 aliphatic carbocycles. The SMILES string of the molecule is Cc1csc(C(=O)NC(CN)CC(C)C)c1Cl. The average molecular weight is 275 g/mol. The minimum absolute atomic E-state index is 0.0148. The van der Waals surface area contributed by atoms with Crippen molar-refractivity contribution in [2.45, 2.75) is 33.2 Å². The Hall–Kier alpha value is -0.580. The van der Waals surface area contributed by atoms with E-state index in [9.17, 15) is 4.79 Å². The Morgan fingerprint density at radius 3 is 2.65 bits per heavy atom. The van der Waals surface area contributed by atoms with Gasteiger partial charge in [-0.1, -0.05) is 25.4 Å². The van der Waals surface area contributed by atoms with Crippen molar-refractivity contribution in [1.82, 2.24) is 5.32 Å². The predicted octanol–water partition coefficient (Wildman–Crippen LogP) is 2.81. The topological polar surface area (TPSA) is 55.1 Å². The number of halogens is 1. The van der Waals surface area contributed by atoms with Gasteiger partial charge < -0.3 is 11.1 Å². The van der Waals surface area contributed by atoms with Gasteiger partial charge in [-0.15, -0.1) is 11.3 Å². The molecule has 0 saturated heterocycles. The normalized spacial score (nSPS) is 12.8. The summed E-state index contributed by atoms with van der Waals surface area (Å²) in [6, 6.07) is 0.0148. The first-order chi connectivity index (χ1) is 7.95. The van der Waals surface area contributed by atoms with E-state index in [0.717, 1.165) is 12.0 Å². The summed E-state index contributed by atoms with van der Waals surface area (Å²) in [5, 5.41) is 5.37. The number of nitrogens with one attached hydrogen (secondary N) is 1. The Balaban J connectivity index is 2.68. The number of amides is 1. The zero-order valence-corrected chi connectivity index (χ0v) is 12.0. The van der Waals surface area contributed by atoms with E-state index in [-0.39, 0.29) is 11.9 Å². The molecule has 0 spiro atoms. The van der Waals surface area contributed by atoms with Crippen LogP contribution in [0.3, 0.4) is 0 Å². The number of hydrogen-bond acceptors (Lipinski definition) is 3. The second-order valence-corrected chi connectivity index (χ2v) is 5.86. The molecule has 0 aliphatic heterocycles. The predicted molar refractivity (Wildman–Crippen MR) is 73.8 cm³/mol. The summed E-state index contributed by atoms with van der Waals surface area (Å²) < 4.78 is 0. The minimum atomic E-state index is -0.121. The van der Waals surface area contributed by atoms with E-state index < -0.39 is 0 Å². The number of thiophene rings is 1. The van der Waals surface area contributed by atoms with Crippen LogP contribution in [0.2, 0.25) is 5.02 Å². The van der Waals surface area contributed by atoms with Crippen molar-refractivity contribution in [2.24, 2.45) is 11.7 Å². The molecule has 0 fully saturated rings. The maximum atomic E-state index is 12.0. The van der Waals surface area contributed by atoms with Gasteiger partial charge in [0.15, 0.2) is 0 Å². The van der Waals surface area contributed by atoms with Crippen molar-refractivity contribution in [3.8, 4) is 0 Å². The van der Waals surface area contributed by atoms with Crippen molar-refractivity contribution < 1.29 is 4.79 Å². The molecule has 3 N–H and O–H groups in total. The second kappa shape index (κ2) is 6.38. The lowest BCUT2D eigenvalue weighted by molar-refractivity contribution is 0.0938.